The maximum absolute atomic E-state index is 2.53. The summed E-state index contributed by atoms with van der Waals surface area (Å²) in [6.07, 6.45) is 7.06. The van der Waals surface area contributed by atoms with Gasteiger partial charge >= 0.3 is 0 Å². The molecule has 0 aromatic heterocycles. The first-order valence-electron chi connectivity index (χ1n) is 12.6. The van der Waals surface area contributed by atoms with Crippen LogP contribution in [-0.4, -0.2) is 6.15 Å². The molecule has 0 amide bonds. The second kappa shape index (κ2) is 12.1. The van der Waals surface area contributed by atoms with Crippen molar-refractivity contribution in [3.63, 3.8) is 0 Å². The zero-order chi connectivity index (χ0) is 22.3. The van der Waals surface area contributed by atoms with Crippen LogP contribution in [0.5, 0.6) is 0 Å². The zero-order valence-electron chi connectivity index (χ0n) is 21.4. The lowest BCUT2D eigenvalue weighted by Crippen LogP contribution is -2.69. The van der Waals surface area contributed by atoms with Gasteiger partial charge in [0, 0.05) is 0 Å². The monoisotopic (exact) mass is 429 g/mol. The molecule has 0 unspecified atom stereocenters. The first-order chi connectivity index (χ1) is 15.2. The van der Waals surface area contributed by atoms with Crippen molar-refractivity contribution >= 4 is 22.5 Å². The summed E-state index contributed by atoms with van der Waals surface area (Å²) in [5, 5.41) is 0. The van der Waals surface area contributed by atoms with E-state index in [-0.39, 0.29) is 6.15 Å². The zero-order valence-corrected chi connectivity index (χ0v) is 21.4. The fraction of sp³-hybridized carbons (Fsp3) is 0.400. The predicted molar refractivity (Wildman–Crippen MR) is 147 cm³/mol. The van der Waals surface area contributed by atoms with Crippen LogP contribution in [0.1, 0.15) is 69.7 Å². The molecular formula is C30H44BN. The summed E-state index contributed by atoms with van der Waals surface area (Å²) in [4.78, 5) is 0. The van der Waals surface area contributed by atoms with Gasteiger partial charge < -0.3 is 6.15 Å². The molecular weight excluding hydrogens is 385 g/mol. The Morgan fingerprint density at radius 3 is 1.38 bits per heavy atom. The van der Waals surface area contributed by atoms with Gasteiger partial charge in [0.1, 0.15) is 0 Å². The molecule has 172 valence electrons. The molecule has 0 aliphatic carbocycles. The van der Waals surface area contributed by atoms with E-state index in [0.717, 1.165) is 25.7 Å². The summed E-state index contributed by atoms with van der Waals surface area (Å²) in [7, 11) is 0. The average Bonchev–Trinajstić information content (AvgIpc) is 2.84. The highest BCUT2D eigenvalue weighted by atomic mass is 14.2. The van der Waals surface area contributed by atoms with Crippen LogP contribution in [0.4, 0.5) is 0 Å². The molecule has 0 atom stereocenters. The Kier molecular flexibility index (Phi) is 9.78. The molecule has 3 aromatic carbocycles. The van der Waals surface area contributed by atoms with Crippen LogP contribution in [0.15, 0.2) is 66.7 Å². The summed E-state index contributed by atoms with van der Waals surface area (Å²) in [5.74, 6) is 0. The van der Waals surface area contributed by atoms with Gasteiger partial charge in [-0.3, -0.25) is 0 Å². The van der Waals surface area contributed by atoms with E-state index in [1.807, 2.05) is 0 Å². The van der Waals surface area contributed by atoms with Crippen molar-refractivity contribution in [1.82, 2.24) is 6.15 Å². The van der Waals surface area contributed by atoms with Crippen molar-refractivity contribution in [2.24, 2.45) is 0 Å². The van der Waals surface area contributed by atoms with Crippen LogP contribution >= 0.6 is 0 Å². The van der Waals surface area contributed by atoms with E-state index in [2.05, 4.69) is 101 Å². The van der Waals surface area contributed by atoms with Gasteiger partial charge in [0.05, 0.1) is 6.15 Å². The molecule has 0 aliphatic rings. The Hall–Kier alpha value is -2.32. The molecule has 0 saturated heterocycles. The van der Waals surface area contributed by atoms with Crippen LogP contribution in [0, 0.1) is 0 Å². The molecule has 0 saturated carbocycles. The highest BCUT2D eigenvalue weighted by Gasteiger charge is 2.33. The molecule has 0 radical (unpaired) electrons. The lowest BCUT2D eigenvalue weighted by atomic mass is 9.13. The number of unbranched alkanes of at least 4 members (excludes halogenated alkanes) is 1. The maximum atomic E-state index is 2.53. The molecule has 0 bridgehead atoms. The van der Waals surface area contributed by atoms with Gasteiger partial charge in [-0.25, -0.2) is 0 Å². The summed E-state index contributed by atoms with van der Waals surface area (Å²) >= 11 is 0. The van der Waals surface area contributed by atoms with E-state index >= 15 is 0 Å². The quantitative estimate of drug-likeness (QED) is 0.353. The highest BCUT2D eigenvalue weighted by Crippen LogP contribution is 2.26. The van der Waals surface area contributed by atoms with Crippen molar-refractivity contribution in [2.45, 2.75) is 79.5 Å². The van der Waals surface area contributed by atoms with Gasteiger partial charge in [0.25, 0.3) is 0 Å². The van der Waals surface area contributed by atoms with Crippen LogP contribution in [0.3, 0.4) is 0 Å². The lowest BCUT2D eigenvalue weighted by Gasteiger charge is -2.47. The van der Waals surface area contributed by atoms with Gasteiger partial charge in [-0.15, -0.1) is 0 Å². The minimum Gasteiger partial charge on any atom is -0.369 e. The van der Waals surface area contributed by atoms with E-state index in [1.54, 1.807) is 27.7 Å². The van der Waals surface area contributed by atoms with Gasteiger partial charge in [-0.05, 0) is 36.8 Å². The molecule has 3 aromatic rings. The van der Waals surface area contributed by atoms with Gasteiger partial charge in [-0.1, -0.05) is 125 Å². The molecule has 1 nitrogen and oxygen atoms in total. The first-order valence-corrected chi connectivity index (χ1v) is 12.6. The molecule has 2 heteroatoms. The minimum atomic E-state index is -1.04. The Morgan fingerprint density at radius 2 is 1.03 bits per heavy atom. The normalized spacial score (nSPS) is 11.3. The Labute approximate surface area is 197 Å². The first kappa shape index (κ1) is 25.9. The largest absolute Gasteiger partial charge is 0.369 e. The molecule has 3 rings (SSSR count). The van der Waals surface area contributed by atoms with Crippen molar-refractivity contribution in [2.75, 3.05) is 0 Å². The minimum absolute atomic E-state index is 0. The van der Waals surface area contributed by atoms with Gasteiger partial charge in [-0.2, -0.15) is 22.7 Å². The summed E-state index contributed by atoms with van der Waals surface area (Å²) in [6.45, 7) is 11.7. The molecule has 4 N–H and O–H groups in total. The Bertz CT molecular complexity index is 893. The lowest BCUT2D eigenvalue weighted by molar-refractivity contribution is 0.873. The van der Waals surface area contributed by atoms with E-state index in [4.69, 9.17) is 0 Å². The van der Waals surface area contributed by atoms with Gasteiger partial charge in [0.2, 0.25) is 0 Å². The summed E-state index contributed by atoms with van der Waals surface area (Å²) < 4.78 is 0. The fourth-order valence-corrected chi connectivity index (χ4v) is 6.05. The number of benzene rings is 3. The number of hydrogen-bond acceptors (Lipinski definition) is 0. The fourth-order valence-electron chi connectivity index (χ4n) is 6.05. The second-order valence-electron chi connectivity index (χ2n) is 8.99. The van der Waals surface area contributed by atoms with Crippen molar-refractivity contribution in [1.29, 1.82) is 0 Å². The van der Waals surface area contributed by atoms with Crippen LogP contribution in [0.25, 0.3) is 0 Å². The molecule has 0 fully saturated rings. The SMILES string of the molecule is CCCC[B-](c1ccccc1)(c1ccccc1)c1c(CC)c(CC)cc(CC)c1CC.[NH4+]. The van der Waals surface area contributed by atoms with Crippen molar-refractivity contribution in [3.05, 3.63) is 89.0 Å². The van der Waals surface area contributed by atoms with Crippen LogP contribution < -0.4 is 22.5 Å². The highest BCUT2D eigenvalue weighted by molar-refractivity contribution is 7.12. The van der Waals surface area contributed by atoms with E-state index in [1.165, 1.54) is 30.1 Å². The van der Waals surface area contributed by atoms with Gasteiger partial charge in [0.15, 0.2) is 0 Å². The van der Waals surface area contributed by atoms with Crippen molar-refractivity contribution < 1.29 is 0 Å². The number of rotatable bonds is 10. The molecule has 0 spiro atoms. The third kappa shape index (κ3) is 4.71. The standard InChI is InChI=1S/C30H40B.H3N/c1-6-11-22-31(26-18-14-12-15-19-26,27-20-16-13-17-21-27)30-28(9-4)24(7-2)23-25(8-3)29(30)10-5;/h12-21,23H,6-11,22H2,1-5H3;1H3/q-1;/p+1. The average molecular weight is 430 g/mol. The summed E-state index contributed by atoms with van der Waals surface area (Å²) in [5.41, 5.74) is 11.0. The second-order valence-corrected chi connectivity index (χ2v) is 8.99. The number of aryl methyl sites for hydroxylation is 2. The number of hydrogen-bond donors (Lipinski definition) is 1. The van der Waals surface area contributed by atoms with E-state index in [9.17, 15) is 0 Å². The van der Waals surface area contributed by atoms with Crippen LogP contribution in [0.2, 0.25) is 6.32 Å². The third-order valence-corrected chi connectivity index (χ3v) is 7.46. The predicted octanol–water partition coefficient (Wildman–Crippen LogP) is 6.58. The Morgan fingerprint density at radius 1 is 0.594 bits per heavy atom. The van der Waals surface area contributed by atoms with E-state index in [0.29, 0.717) is 0 Å². The molecule has 0 heterocycles. The summed E-state index contributed by atoms with van der Waals surface area (Å²) in [6, 6.07) is 25.4. The third-order valence-electron chi connectivity index (χ3n) is 7.46. The smallest absolute Gasteiger partial charge is 0.0821 e. The Balaban J connectivity index is 0.00000363. The topological polar surface area (TPSA) is 36.5 Å². The molecule has 32 heavy (non-hydrogen) atoms. The number of quaternary nitrogens is 1. The van der Waals surface area contributed by atoms with E-state index < -0.39 is 6.15 Å². The molecule has 0 aliphatic heterocycles. The van der Waals surface area contributed by atoms with Crippen LogP contribution in [-0.2, 0) is 25.7 Å². The maximum Gasteiger partial charge on any atom is 0.0821 e. The van der Waals surface area contributed by atoms with Crippen molar-refractivity contribution in [3.8, 4) is 0 Å².